The summed E-state index contributed by atoms with van der Waals surface area (Å²) in [5.74, 6) is -0.979. The molecule has 3 nitrogen and oxygen atoms in total. The molecule has 86 valence electrons. The predicted octanol–water partition coefficient (Wildman–Crippen LogP) is 3.40. The summed E-state index contributed by atoms with van der Waals surface area (Å²) in [6, 6.07) is 3.60. The summed E-state index contributed by atoms with van der Waals surface area (Å²) >= 11 is 9.26. The van der Waals surface area contributed by atoms with Gasteiger partial charge < -0.3 is 10.0 Å². The predicted molar refractivity (Wildman–Crippen MR) is 67.6 cm³/mol. The Labute approximate surface area is 107 Å². The molecule has 0 saturated carbocycles. The van der Waals surface area contributed by atoms with E-state index in [1.807, 2.05) is 6.07 Å². The molecule has 1 heterocycles. The van der Waals surface area contributed by atoms with Crippen molar-refractivity contribution in [2.45, 2.75) is 12.8 Å². The number of rotatable bonds is 2. The zero-order chi connectivity index (χ0) is 11.7. The number of carboxylic acid groups (broad SMARTS) is 1. The van der Waals surface area contributed by atoms with Gasteiger partial charge >= 0.3 is 5.97 Å². The van der Waals surface area contributed by atoms with Crippen molar-refractivity contribution in [1.82, 2.24) is 0 Å². The minimum absolute atomic E-state index is 0.193. The van der Waals surface area contributed by atoms with Gasteiger partial charge in [0, 0.05) is 17.6 Å². The van der Waals surface area contributed by atoms with E-state index in [1.165, 1.54) is 0 Å². The summed E-state index contributed by atoms with van der Waals surface area (Å²) < 4.78 is 0.620. The van der Waals surface area contributed by atoms with Crippen LogP contribution in [0.4, 0.5) is 5.69 Å². The number of benzene rings is 1. The highest BCUT2D eigenvalue weighted by Gasteiger charge is 2.22. The van der Waals surface area contributed by atoms with Crippen molar-refractivity contribution < 1.29 is 9.90 Å². The topological polar surface area (TPSA) is 40.5 Å². The Morgan fingerprint density at radius 2 is 2.00 bits per heavy atom. The maximum Gasteiger partial charge on any atom is 0.339 e. The molecule has 0 bridgehead atoms. The molecule has 5 heteroatoms. The number of carbonyl (C=O) groups is 1. The molecule has 2 rings (SSSR count). The molecule has 0 radical (unpaired) electrons. The van der Waals surface area contributed by atoms with Gasteiger partial charge in [0.1, 0.15) is 5.56 Å². The Balaban J connectivity index is 2.51. The summed E-state index contributed by atoms with van der Waals surface area (Å²) in [5.41, 5.74) is 0.913. The molecular formula is C11H11BrClNO2. The molecule has 0 atom stereocenters. The molecule has 1 aliphatic heterocycles. The first-order valence-electron chi connectivity index (χ1n) is 5.07. The van der Waals surface area contributed by atoms with E-state index in [9.17, 15) is 9.90 Å². The van der Waals surface area contributed by atoms with Crippen molar-refractivity contribution in [3.8, 4) is 0 Å². The molecule has 0 aliphatic carbocycles. The van der Waals surface area contributed by atoms with Crippen molar-refractivity contribution in [3.05, 3.63) is 27.2 Å². The van der Waals surface area contributed by atoms with Crippen LogP contribution >= 0.6 is 27.5 Å². The van der Waals surface area contributed by atoms with Gasteiger partial charge in [-0.1, -0.05) is 11.6 Å². The van der Waals surface area contributed by atoms with Crippen LogP contribution in [-0.2, 0) is 0 Å². The standard InChI is InChI=1S/C11H11BrClNO2/c12-7-3-4-8(14-5-1-2-6-14)9(10(7)13)11(15)16/h3-4H,1-2,5-6H2,(H,15,16). The van der Waals surface area contributed by atoms with Crippen LogP contribution in [0.1, 0.15) is 23.2 Å². The van der Waals surface area contributed by atoms with Gasteiger partial charge in [-0.05, 0) is 40.9 Å². The molecule has 1 fully saturated rings. The van der Waals surface area contributed by atoms with Gasteiger partial charge in [0.25, 0.3) is 0 Å². The Kier molecular flexibility index (Phi) is 3.40. The second kappa shape index (κ2) is 4.63. The highest BCUT2D eigenvalue weighted by molar-refractivity contribution is 9.10. The third-order valence-electron chi connectivity index (χ3n) is 2.73. The van der Waals surface area contributed by atoms with E-state index in [-0.39, 0.29) is 10.6 Å². The second-order valence-corrected chi connectivity index (χ2v) is 4.99. The maximum absolute atomic E-state index is 11.2. The number of hydrogen-bond donors (Lipinski definition) is 1. The van der Waals surface area contributed by atoms with E-state index >= 15 is 0 Å². The van der Waals surface area contributed by atoms with Gasteiger partial charge in [0.15, 0.2) is 0 Å². The first-order valence-corrected chi connectivity index (χ1v) is 6.24. The molecule has 0 aromatic heterocycles. The lowest BCUT2D eigenvalue weighted by Gasteiger charge is -2.20. The first-order chi connectivity index (χ1) is 7.61. The van der Waals surface area contributed by atoms with Gasteiger partial charge in [-0.15, -0.1) is 0 Å². The SMILES string of the molecule is O=C(O)c1c(N2CCCC2)ccc(Br)c1Cl. The van der Waals surface area contributed by atoms with Crippen LogP contribution in [-0.4, -0.2) is 24.2 Å². The number of carboxylic acids is 1. The fraction of sp³-hybridized carbons (Fsp3) is 0.364. The number of halogens is 2. The number of nitrogens with zero attached hydrogens (tertiary/aromatic N) is 1. The van der Waals surface area contributed by atoms with E-state index in [0.29, 0.717) is 4.47 Å². The monoisotopic (exact) mass is 303 g/mol. The van der Waals surface area contributed by atoms with Crippen LogP contribution in [0.15, 0.2) is 16.6 Å². The second-order valence-electron chi connectivity index (χ2n) is 3.75. The van der Waals surface area contributed by atoms with Crippen LogP contribution in [0.5, 0.6) is 0 Å². The van der Waals surface area contributed by atoms with E-state index < -0.39 is 5.97 Å². The van der Waals surface area contributed by atoms with Crippen molar-refractivity contribution in [2.24, 2.45) is 0 Å². The lowest BCUT2D eigenvalue weighted by Crippen LogP contribution is -2.20. The van der Waals surface area contributed by atoms with Gasteiger partial charge in [0.2, 0.25) is 0 Å². The molecule has 0 spiro atoms. The van der Waals surface area contributed by atoms with Gasteiger partial charge in [-0.3, -0.25) is 0 Å². The molecule has 1 N–H and O–H groups in total. The zero-order valence-electron chi connectivity index (χ0n) is 8.54. The quantitative estimate of drug-likeness (QED) is 0.910. The van der Waals surface area contributed by atoms with E-state index in [1.54, 1.807) is 6.07 Å². The minimum atomic E-state index is -0.979. The Hall–Kier alpha value is -0.740. The third kappa shape index (κ3) is 2.04. The van der Waals surface area contributed by atoms with Crippen molar-refractivity contribution >= 4 is 39.2 Å². The summed E-state index contributed by atoms with van der Waals surface area (Å²) in [6.07, 6.45) is 2.21. The summed E-state index contributed by atoms with van der Waals surface area (Å²) in [4.78, 5) is 13.3. The van der Waals surface area contributed by atoms with Crippen LogP contribution in [0, 0.1) is 0 Å². The Bertz CT molecular complexity index is 430. The fourth-order valence-electron chi connectivity index (χ4n) is 1.97. The Morgan fingerprint density at radius 1 is 1.38 bits per heavy atom. The van der Waals surface area contributed by atoms with Crippen LogP contribution in [0.3, 0.4) is 0 Å². The first kappa shape index (κ1) is 11.7. The molecular weight excluding hydrogens is 293 g/mol. The van der Waals surface area contributed by atoms with E-state index in [0.717, 1.165) is 31.6 Å². The largest absolute Gasteiger partial charge is 0.478 e. The van der Waals surface area contributed by atoms with E-state index in [2.05, 4.69) is 20.8 Å². The van der Waals surface area contributed by atoms with Gasteiger partial charge in [-0.2, -0.15) is 0 Å². The highest BCUT2D eigenvalue weighted by Crippen LogP contribution is 2.35. The molecule has 1 aromatic rings. The fourth-order valence-corrected chi connectivity index (χ4v) is 2.54. The average molecular weight is 305 g/mol. The lowest BCUT2D eigenvalue weighted by molar-refractivity contribution is 0.0697. The molecule has 0 amide bonds. The summed E-state index contributed by atoms with van der Waals surface area (Å²) in [6.45, 7) is 1.80. The number of aromatic carboxylic acids is 1. The minimum Gasteiger partial charge on any atom is -0.478 e. The van der Waals surface area contributed by atoms with E-state index in [4.69, 9.17) is 11.6 Å². The van der Waals surface area contributed by atoms with Crippen molar-refractivity contribution in [3.63, 3.8) is 0 Å². The molecule has 16 heavy (non-hydrogen) atoms. The normalized spacial score (nSPS) is 15.5. The van der Waals surface area contributed by atoms with Gasteiger partial charge in [-0.25, -0.2) is 4.79 Å². The van der Waals surface area contributed by atoms with Crippen LogP contribution in [0.25, 0.3) is 0 Å². The maximum atomic E-state index is 11.2. The molecule has 0 unspecified atom stereocenters. The van der Waals surface area contributed by atoms with Crippen molar-refractivity contribution in [1.29, 1.82) is 0 Å². The zero-order valence-corrected chi connectivity index (χ0v) is 10.9. The molecule has 1 aromatic carbocycles. The van der Waals surface area contributed by atoms with Crippen LogP contribution < -0.4 is 4.90 Å². The highest BCUT2D eigenvalue weighted by atomic mass is 79.9. The van der Waals surface area contributed by atoms with Crippen LogP contribution in [0.2, 0.25) is 5.02 Å². The number of hydrogen-bond acceptors (Lipinski definition) is 2. The molecule has 1 saturated heterocycles. The summed E-state index contributed by atoms with van der Waals surface area (Å²) in [7, 11) is 0. The van der Waals surface area contributed by atoms with Gasteiger partial charge in [0.05, 0.1) is 10.7 Å². The third-order valence-corrected chi connectivity index (χ3v) is 4.02. The Morgan fingerprint density at radius 3 is 2.56 bits per heavy atom. The van der Waals surface area contributed by atoms with Crippen molar-refractivity contribution in [2.75, 3.05) is 18.0 Å². The molecule has 1 aliphatic rings. The smallest absolute Gasteiger partial charge is 0.339 e. The number of anilines is 1. The average Bonchev–Trinajstić information content (AvgIpc) is 2.74. The summed E-state index contributed by atoms with van der Waals surface area (Å²) in [5, 5.41) is 9.47. The lowest BCUT2D eigenvalue weighted by atomic mass is 10.1.